The smallest absolute Gasteiger partial charge is 0.317 e. The summed E-state index contributed by atoms with van der Waals surface area (Å²) in [4.78, 5) is 15.3. The van der Waals surface area contributed by atoms with Crippen molar-refractivity contribution in [3.8, 4) is 0 Å². The Morgan fingerprint density at radius 2 is 2.14 bits per heavy atom. The van der Waals surface area contributed by atoms with Crippen molar-refractivity contribution in [2.45, 2.75) is 19.9 Å². The maximum atomic E-state index is 11.0. The van der Waals surface area contributed by atoms with E-state index in [-0.39, 0.29) is 6.54 Å². The molecule has 0 aliphatic carbocycles. The zero-order valence-electron chi connectivity index (χ0n) is 12.9. The molecule has 22 heavy (non-hydrogen) atoms. The van der Waals surface area contributed by atoms with Gasteiger partial charge in [-0.3, -0.25) is 9.69 Å². The first-order valence-electron chi connectivity index (χ1n) is 7.65. The van der Waals surface area contributed by atoms with Crippen LogP contribution in [0.1, 0.15) is 18.9 Å². The van der Waals surface area contributed by atoms with Crippen molar-refractivity contribution in [1.29, 1.82) is 0 Å². The van der Waals surface area contributed by atoms with Crippen molar-refractivity contribution in [3.63, 3.8) is 0 Å². The fraction of sp³-hybridized carbons (Fsp3) is 0.562. The number of morpholine rings is 1. The van der Waals surface area contributed by atoms with Crippen LogP contribution in [0.2, 0.25) is 0 Å². The molecule has 0 unspecified atom stereocenters. The Balaban J connectivity index is 2.19. The van der Waals surface area contributed by atoms with Gasteiger partial charge in [0.25, 0.3) is 0 Å². The molecule has 0 spiro atoms. The first-order chi connectivity index (χ1) is 10.6. The molecule has 6 heteroatoms. The van der Waals surface area contributed by atoms with Crippen LogP contribution in [0.25, 0.3) is 0 Å². The van der Waals surface area contributed by atoms with Gasteiger partial charge in [0.15, 0.2) is 0 Å². The fourth-order valence-electron chi connectivity index (χ4n) is 2.73. The van der Waals surface area contributed by atoms with E-state index in [2.05, 4.69) is 39.9 Å². The maximum absolute atomic E-state index is 11.0. The first-order valence-corrected chi connectivity index (χ1v) is 8.44. The van der Waals surface area contributed by atoms with Gasteiger partial charge in [0.1, 0.15) is 0 Å². The molecule has 0 atom stereocenters. The number of hydrogen-bond donors (Lipinski definition) is 1. The van der Waals surface area contributed by atoms with Gasteiger partial charge in [0.2, 0.25) is 0 Å². The zero-order chi connectivity index (χ0) is 15.9. The first kappa shape index (κ1) is 17.2. The average Bonchev–Trinajstić information content (AvgIpc) is 2.49. The highest BCUT2D eigenvalue weighted by Crippen LogP contribution is 2.27. The predicted molar refractivity (Wildman–Crippen MR) is 90.4 cm³/mol. The Morgan fingerprint density at radius 1 is 1.41 bits per heavy atom. The molecule has 0 radical (unpaired) electrons. The van der Waals surface area contributed by atoms with Crippen molar-refractivity contribution in [3.05, 3.63) is 28.2 Å². The van der Waals surface area contributed by atoms with Crippen molar-refractivity contribution in [2.75, 3.05) is 44.3 Å². The van der Waals surface area contributed by atoms with Crippen LogP contribution < -0.4 is 4.90 Å². The number of ether oxygens (including phenoxy) is 1. The van der Waals surface area contributed by atoms with Crippen LogP contribution in [0, 0.1) is 0 Å². The number of rotatable bonds is 7. The highest BCUT2D eigenvalue weighted by Gasteiger charge is 2.17. The van der Waals surface area contributed by atoms with Gasteiger partial charge in [-0.1, -0.05) is 28.9 Å². The largest absolute Gasteiger partial charge is 0.480 e. The predicted octanol–water partition coefficient (Wildman–Crippen LogP) is 2.58. The third-order valence-corrected chi connectivity index (χ3v) is 4.19. The van der Waals surface area contributed by atoms with Crippen molar-refractivity contribution in [1.82, 2.24) is 4.90 Å². The molecule has 1 fully saturated rings. The summed E-state index contributed by atoms with van der Waals surface area (Å²) < 4.78 is 6.46. The zero-order valence-corrected chi connectivity index (χ0v) is 14.5. The second kappa shape index (κ2) is 8.50. The Hall–Kier alpha value is -1.11. The molecule has 0 amide bonds. The van der Waals surface area contributed by atoms with Crippen LogP contribution in [0.15, 0.2) is 22.7 Å². The summed E-state index contributed by atoms with van der Waals surface area (Å²) in [6.45, 7) is 6.79. The number of carboxylic acid groups (broad SMARTS) is 1. The lowest BCUT2D eigenvalue weighted by atomic mass is 10.1. The van der Waals surface area contributed by atoms with E-state index in [0.717, 1.165) is 43.7 Å². The molecule has 1 aliphatic heterocycles. The quantitative estimate of drug-likeness (QED) is 0.799. The fourth-order valence-corrected chi connectivity index (χ4v) is 3.08. The third kappa shape index (κ3) is 4.97. The number of aliphatic carboxylic acids is 1. The van der Waals surface area contributed by atoms with E-state index < -0.39 is 5.97 Å². The highest BCUT2D eigenvalue weighted by molar-refractivity contribution is 9.10. The van der Waals surface area contributed by atoms with Gasteiger partial charge in [-0.15, -0.1) is 0 Å². The van der Waals surface area contributed by atoms with Gasteiger partial charge in [-0.05, 0) is 30.7 Å². The van der Waals surface area contributed by atoms with Gasteiger partial charge in [0, 0.05) is 29.8 Å². The molecule has 0 aromatic heterocycles. The number of nitrogens with zero attached hydrogens (tertiary/aromatic N) is 2. The van der Waals surface area contributed by atoms with E-state index >= 15 is 0 Å². The number of carboxylic acids is 1. The third-order valence-electron chi connectivity index (χ3n) is 3.69. The van der Waals surface area contributed by atoms with Crippen LogP contribution >= 0.6 is 15.9 Å². The van der Waals surface area contributed by atoms with E-state index in [9.17, 15) is 4.79 Å². The van der Waals surface area contributed by atoms with Gasteiger partial charge in [-0.25, -0.2) is 0 Å². The molecule has 122 valence electrons. The maximum Gasteiger partial charge on any atom is 0.317 e. The Kier molecular flexibility index (Phi) is 6.67. The minimum Gasteiger partial charge on any atom is -0.480 e. The highest BCUT2D eigenvalue weighted by atomic mass is 79.9. The summed E-state index contributed by atoms with van der Waals surface area (Å²) in [5.74, 6) is -0.779. The van der Waals surface area contributed by atoms with Gasteiger partial charge < -0.3 is 14.7 Å². The Labute approximate surface area is 140 Å². The second-order valence-electron chi connectivity index (χ2n) is 5.48. The number of halogens is 1. The molecule has 1 aliphatic rings. The van der Waals surface area contributed by atoms with Crippen molar-refractivity contribution in [2.24, 2.45) is 0 Å². The SMILES string of the molecule is CCCN(CC(=O)O)Cc1ccc(Br)cc1N1CCOCC1. The number of hydrogen-bond acceptors (Lipinski definition) is 4. The van der Waals surface area contributed by atoms with E-state index in [4.69, 9.17) is 9.84 Å². The second-order valence-corrected chi connectivity index (χ2v) is 6.39. The number of benzene rings is 1. The van der Waals surface area contributed by atoms with Crippen LogP contribution in [0.3, 0.4) is 0 Å². The standard InChI is InChI=1S/C16H23BrN2O3/c1-2-5-18(12-16(20)21)11-13-3-4-14(17)10-15(13)19-6-8-22-9-7-19/h3-4,10H,2,5-9,11-12H2,1H3,(H,20,21). The van der Waals surface area contributed by atoms with Crippen LogP contribution in [0.5, 0.6) is 0 Å². The molecule has 2 rings (SSSR count). The van der Waals surface area contributed by atoms with Gasteiger partial charge in [-0.2, -0.15) is 0 Å². The molecular formula is C16H23BrN2O3. The lowest BCUT2D eigenvalue weighted by molar-refractivity contribution is -0.138. The molecule has 1 aromatic rings. The lowest BCUT2D eigenvalue weighted by Gasteiger charge is -2.32. The molecule has 0 saturated carbocycles. The minimum absolute atomic E-state index is 0.0758. The number of anilines is 1. The molecule has 1 heterocycles. The monoisotopic (exact) mass is 370 g/mol. The number of carbonyl (C=O) groups is 1. The van der Waals surface area contributed by atoms with E-state index in [1.807, 2.05) is 11.0 Å². The topological polar surface area (TPSA) is 53.0 Å². The molecule has 0 bridgehead atoms. The Morgan fingerprint density at radius 3 is 2.77 bits per heavy atom. The summed E-state index contributed by atoms with van der Waals surface area (Å²) in [6, 6.07) is 6.22. The summed E-state index contributed by atoms with van der Waals surface area (Å²) in [7, 11) is 0. The van der Waals surface area contributed by atoms with Crippen LogP contribution in [0.4, 0.5) is 5.69 Å². The average molecular weight is 371 g/mol. The molecule has 1 N–H and O–H groups in total. The van der Waals surface area contributed by atoms with Gasteiger partial charge in [0.05, 0.1) is 19.8 Å². The molecule has 1 aromatic carbocycles. The Bertz CT molecular complexity index is 504. The van der Waals surface area contributed by atoms with Crippen molar-refractivity contribution >= 4 is 27.6 Å². The molecular weight excluding hydrogens is 348 g/mol. The van der Waals surface area contributed by atoms with Crippen LogP contribution in [-0.4, -0.2) is 55.4 Å². The summed E-state index contributed by atoms with van der Waals surface area (Å²) in [5, 5.41) is 9.07. The van der Waals surface area contributed by atoms with E-state index in [0.29, 0.717) is 6.54 Å². The molecule has 1 saturated heterocycles. The summed E-state index contributed by atoms with van der Waals surface area (Å²) >= 11 is 3.53. The lowest BCUT2D eigenvalue weighted by Crippen LogP contribution is -2.37. The van der Waals surface area contributed by atoms with E-state index in [1.165, 1.54) is 11.3 Å². The summed E-state index contributed by atoms with van der Waals surface area (Å²) in [5.41, 5.74) is 2.34. The van der Waals surface area contributed by atoms with Crippen LogP contribution in [-0.2, 0) is 16.1 Å². The van der Waals surface area contributed by atoms with Crippen molar-refractivity contribution < 1.29 is 14.6 Å². The van der Waals surface area contributed by atoms with E-state index in [1.54, 1.807) is 0 Å². The summed E-state index contributed by atoms with van der Waals surface area (Å²) in [6.07, 6.45) is 0.941. The van der Waals surface area contributed by atoms with Gasteiger partial charge >= 0.3 is 5.97 Å². The normalized spacial score (nSPS) is 15.3. The minimum atomic E-state index is -0.779. The molecule has 5 nitrogen and oxygen atoms in total.